The monoisotopic (exact) mass is 268 g/mol. The van der Waals surface area contributed by atoms with E-state index in [2.05, 4.69) is 17.4 Å². The topological polar surface area (TPSA) is 55.1 Å². The number of amides is 1. The Bertz CT molecular complexity index is 566. The van der Waals surface area contributed by atoms with E-state index >= 15 is 0 Å². The maximum atomic E-state index is 12.1. The van der Waals surface area contributed by atoms with E-state index in [1.807, 2.05) is 37.3 Å². The molecule has 0 radical (unpaired) electrons. The van der Waals surface area contributed by atoms with Crippen LogP contribution in [0.15, 0.2) is 54.6 Å². The predicted molar refractivity (Wildman–Crippen MR) is 82.5 cm³/mol. The first-order chi connectivity index (χ1) is 9.66. The van der Waals surface area contributed by atoms with Gasteiger partial charge in [0.2, 0.25) is 0 Å². The van der Waals surface area contributed by atoms with Crippen LogP contribution in [0.4, 0.5) is 5.69 Å². The van der Waals surface area contributed by atoms with Crippen molar-refractivity contribution in [3.8, 4) is 0 Å². The molecule has 0 fully saturated rings. The number of nitrogens with one attached hydrogen (secondary N) is 1. The molecule has 2 aromatic rings. The van der Waals surface area contributed by atoms with Crippen LogP contribution >= 0.6 is 0 Å². The Morgan fingerprint density at radius 1 is 1.10 bits per heavy atom. The second kappa shape index (κ2) is 6.75. The van der Waals surface area contributed by atoms with Gasteiger partial charge in [0.15, 0.2) is 0 Å². The first-order valence-corrected chi connectivity index (χ1v) is 6.86. The number of hydrogen-bond donors (Lipinski definition) is 2. The molecule has 0 saturated carbocycles. The summed E-state index contributed by atoms with van der Waals surface area (Å²) < 4.78 is 0. The van der Waals surface area contributed by atoms with Crippen molar-refractivity contribution in [1.29, 1.82) is 0 Å². The molecule has 2 aromatic carbocycles. The highest BCUT2D eigenvalue weighted by Crippen LogP contribution is 2.11. The van der Waals surface area contributed by atoms with Gasteiger partial charge in [-0.2, -0.15) is 0 Å². The number of nitrogen functional groups attached to an aromatic ring is 1. The number of anilines is 1. The SMILES string of the molecule is CC(CCc1ccccc1)NC(=O)c1ccccc1N. The number of para-hydroxylation sites is 1. The number of hydrogen-bond acceptors (Lipinski definition) is 2. The zero-order chi connectivity index (χ0) is 14.4. The van der Waals surface area contributed by atoms with Crippen LogP contribution in [0.2, 0.25) is 0 Å². The lowest BCUT2D eigenvalue weighted by Crippen LogP contribution is -2.33. The van der Waals surface area contributed by atoms with Crippen molar-refractivity contribution in [2.75, 3.05) is 5.73 Å². The first-order valence-electron chi connectivity index (χ1n) is 6.86. The second-order valence-corrected chi connectivity index (χ2v) is 4.99. The molecule has 1 unspecified atom stereocenters. The van der Waals surface area contributed by atoms with Gasteiger partial charge < -0.3 is 11.1 Å². The molecular weight excluding hydrogens is 248 g/mol. The van der Waals surface area contributed by atoms with Gasteiger partial charge in [0.1, 0.15) is 0 Å². The summed E-state index contributed by atoms with van der Waals surface area (Å²) in [6, 6.07) is 17.5. The van der Waals surface area contributed by atoms with Crippen molar-refractivity contribution in [1.82, 2.24) is 5.32 Å². The molecule has 3 nitrogen and oxygen atoms in total. The van der Waals surface area contributed by atoms with Crippen molar-refractivity contribution in [3.05, 3.63) is 65.7 Å². The third-order valence-electron chi connectivity index (χ3n) is 3.29. The maximum absolute atomic E-state index is 12.1. The van der Waals surface area contributed by atoms with Crippen LogP contribution < -0.4 is 11.1 Å². The lowest BCUT2D eigenvalue weighted by Gasteiger charge is -2.14. The van der Waals surface area contributed by atoms with E-state index in [-0.39, 0.29) is 11.9 Å². The van der Waals surface area contributed by atoms with E-state index in [0.29, 0.717) is 11.3 Å². The largest absolute Gasteiger partial charge is 0.398 e. The third kappa shape index (κ3) is 3.85. The van der Waals surface area contributed by atoms with E-state index in [1.54, 1.807) is 12.1 Å². The van der Waals surface area contributed by atoms with Crippen molar-refractivity contribution < 1.29 is 4.79 Å². The molecule has 3 N–H and O–H groups in total. The van der Waals surface area contributed by atoms with Crippen LogP contribution in [0.3, 0.4) is 0 Å². The summed E-state index contributed by atoms with van der Waals surface area (Å²) in [5.41, 5.74) is 8.14. The van der Waals surface area contributed by atoms with Gasteiger partial charge in [-0.25, -0.2) is 0 Å². The summed E-state index contributed by atoms with van der Waals surface area (Å²) in [6.07, 6.45) is 1.86. The summed E-state index contributed by atoms with van der Waals surface area (Å²) >= 11 is 0. The van der Waals surface area contributed by atoms with Gasteiger partial charge in [-0.15, -0.1) is 0 Å². The molecule has 0 aromatic heterocycles. The second-order valence-electron chi connectivity index (χ2n) is 4.99. The number of carbonyl (C=O) groups is 1. The normalized spacial score (nSPS) is 11.8. The maximum Gasteiger partial charge on any atom is 0.253 e. The Labute approximate surface area is 119 Å². The molecule has 0 heterocycles. The quantitative estimate of drug-likeness (QED) is 0.819. The molecule has 2 rings (SSSR count). The Hall–Kier alpha value is -2.29. The molecule has 0 bridgehead atoms. The van der Waals surface area contributed by atoms with Gasteiger partial charge >= 0.3 is 0 Å². The summed E-state index contributed by atoms with van der Waals surface area (Å²) in [5, 5.41) is 2.99. The van der Waals surface area contributed by atoms with E-state index < -0.39 is 0 Å². The van der Waals surface area contributed by atoms with E-state index in [9.17, 15) is 4.79 Å². The standard InChI is InChI=1S/C17H20N2O/c1-13(11-12-14-7-3-2-4-8-14)19-17(20)15-9-5-6-10-16(15)18/h2-10,13H,11-12,18H2,1H3,(H,19,20). The summed E-state index contributed by atoms with van der Waals surface area (Å²) in [4.78, 5) is 12.1. The number of aryl methyl sites for hydroxylation is 1. The molecule has 104 valence electrons. The molecule has 0 saturated heterocycles. The Morgan fingerprint density at radius 2 is 1.75 bits per heavy atom. The van der Waals surface area contributed by atoms with Crippen LogP contribution in [0.1, 0.15) is 29.3 Å². The average molecular weight is 268 g/mol. The van der Waals surface area contributed by atoms with Crippen LogP contribution in [-0.2, 0) is 6.42 Å². The molecule has 0 aliphatic heterocycles. The number of benzene rings is 2. The van der Waals surface area contributed by atoms with Gasteiger partial charge in [0.05, 0.1) is 5.56 Å². The highest BCUT2D eigenvalue weighted by Gasteiger charge is 2.11. The Morgan fingerprint density at radius 3 is 2.45 bits per heavy atom. The Balaban J connectivity index is 1.87. The zero-order valence-corrected chi connectivity index (χ0v) is 11.7. The van der Waals surface area contributed by atoms with E-state index in [1.165, 1.54) is 5.56 Å². The highest BCUT2D eigenvalue weighted by atomic mass is 16.1. The molecule has 0 spiro atoms. The number of carbonyl (C=O) groups excluding carboxylic acids is 1. The molecular formula is C17H20N2O. The molecule has 0 aliphatic rings. The van der Waals surface area contributed by atoms with Crippen molar-refractivity contribution >= 4 is 11.6 Å². The summed E-state index contributed by atoms with van der Waals surface area (Å²) in [6.45, 7) is 2.01. The van der Waals surface area contributed by atoms with Gasteiger partial charge in [-0.05, 0) is 37.5 Å². The molecule has 0 aliphatic carbocycles. The summed E-state index contributed by atoms with van der Waals surface area (Å²) in [7, 11) is 0. The lowest BCUT2D eigenvalue weighted by atomic mass is 10.1. The van der Waals surface area contributed by atoms with Crippen LogP contribution in [0, 0.1) is 0 Å². The first kappa shape index (κ1) is 14.1. The summed E-state index contributed by atoms with van der Waals surface area (Å²) in [5.74, 6) is -0.108. The fourth-order valence-corrected chi connectivity index (χ4v) is 2.11. The van der Waals surface area contributed by atoms with Crippen molar-refractivity contribution in [2.45, 2.75) is 25.8 Å². The Kier molecular flexibility index (Phi) is 4.77. The van der Waals surface area contributed by atoms with Crippen LogP contribution in [0.25, 0.3) is 0 Å². The van der Waals surface area contributed by atoms with Crippen molar-refractivity contribution in [2.24, 2.45) is 0 Å². The molecule has 1 atom stereocenters. The minimum atomic E-state index is -0.108. The minimum absolute atomic E-state index is 0.108. The molecule has 1 amide bonds. The zero-order valence-electron chi connectivity index (χ0n) is 11.7. The van der Waals surface area contributed by atoms with E-state index in [0.717, 1.165) is 12.8 Å². The van der Waals surface area contributed by atoms with Gasteiger partial charge in [0, 0.05) is 11.7 Å². The van der Waals surface area contributed by atoms with Gasteiger partial charge in [0.25, 0.3) is 5.91 Å². The van der Waals surface area contributed by atoms with Gasteiger partial charge in [-0.3, -0.25) is 4.79 Å². The van der Waals surface area contributed by atoms with Crippen LogP contribution in [-0.4, -0.2) is 11.9 Å². The fourth-order valence-electron chi connectivity index (χ4n) is 2.11. The molecule has 3 heteroatoms. The fraction of sp³-hybridized carbons (Fsp3) is 0.235. The third-order valence-corrected chi connectivity index (χ3v) is 3.29. The van der Waals surface area contributed by atoms with Gasteiger partial charge in [-0.1, -0.05) is 42.5 Å². The average Bonchev–Trinajstić information content (AvgIpc) is 2.46. The smallest absolute Gasteiger partial charge is 0.253 e. The number of nitrogens with two attached hydrogens (primary N) is 1. The lowest BCUT2D eigenvalue weighted by molar-refractivity contribution is 0.0939. The molecule has 20 heavy (non-hydrogen) atoms. The van der Waals surface area contributed by atoms with Crippen molar-refractivity contribution in [3.63, 3.8) is 0 Å². The highest BCUT2D eigenvalue weighted by molar-refractivity contribution is 5.99. The number of rotatable bonds is 5. The van der Waals surface area contributed by atoms with Crippen LogP contribution in [0.5, 0.6) is 0 Å². The predicted octanol–water partition coefficient (Wildman–Crippen LogP) is 3.02. The van der Waals surface area contributed by atoms with E-state index in [4.69, 9.17) is 5.73 Å². The minimum Gasteiger partial charge on any atom is -0.398 e.